The molecule has 4 heteroatoms. The molecule has 0 bridgehead atoms. The van der Waals surface area contributed by atoms with Crippen LogP contribution >= 0.6 is 0 Å². The lowest BCUT2D eigenvalue weighted by atomic mass is 10.1. The molecule has 2 heterocycles. The van der Waals surface area contributed by atoms with Gasteiger partial charge in [-0.1, -0.05) is 95.0 Å². The second-order valence-electron chi connectivity index (χ2n) is 8.90. The highest BCUT2D eigenvalue weighted by Crippen LogP contribution is 2.19. The Bertz CT molecular complexity index is 625. The van der Waals surface area contributed by atoms with E-state index in [9.17, 15) is 0 Å². The lowest BCUT2D eigenvalue weighted by Gasteiger charge is -2.30. The van der Waals surface area contributed by atoms with Crippen molar-refractivity contribution in [1.82, 2.24) is 15.1 Å². The maximum atomic E-state index is 4.04. The Labute approximate surface area is 191 Å². The third kappa shape index (κ3) is 10.8. The van der Waals surface area contributed by atoms with Crippen molar-refractivity contribution in [3.8, 4) is 0 Å². The van der Waals surface area contributed by atoms with Gasteiger partial charge in [-0.05, 0) is 25.8 Å². The van der Waals surface area contributed by atoms with Crippen molar-refractivity contribution in [3.05, 3.63) is 48.3 Å². The van der Waals surface area contributed by atoms with E-state index in [0.717, 1.165) is 25.5 Å². The summed E-state index contributed by atoms with van der Waals surface area (Å²) in [5.74, 6) is 1.08. The summed E-state index contributed by atoms with van der Waals surface area (Å²) in [7, 11) is 0. The van der Waals surface area contributed by atoms with Crippen LogP contribution in [-0.2, 0) is 6.54 Å². The minimum absolute atomic E-state index is 0.485. The molecule has 1 aromatic carbocycles. The van der Waals surface area contributed by atoms with Crippen molar-refractivity contribution in [2.24, 2.45) is 4.99 Å². The van der Waals surface area contributed by atoms with Crippen LogP contribution in [0.4, 0.5) is 0 Å². The molecule has 0 saturated heterocycles. The van der Waals surface area contributed by atoms with Gasteiger partial charge in [-0.15, -0.1) is 0 Å². The third-order valence-corrected chi connectivity index (χ3v) is 6.23. The molecule has 2 aliphatic heterocycles. The lowest BCUT2D eigenvalue weighted by molar-refractivity contribution is 0.162. The Morgan fingerprint density at radius 2 is 1.48 bits per heavy atom. The molecule has 3 rings (SSSR count). The molecule has 0 radical (unpaired) electrons. The highest BCUT2D eigenvalue weighted by atomic mass is 15.4. The highest BCUT2D eigenvalue weighted by Gasteiger charge is 2.21. The van der Waals surface area contributed by atoms with Gasteiger partial charge in [0.1, 0.15) is 0 Å². The molecule has 2 aliphatic rings. The lowest BCUT2D eigenvalue weighted by Crippen LogP contribution is -2.36. The van der Waals surface area contributed by atoms with E-state index < -0.39 is 0 Å². The molecule has 0 fully saturated rings. The molecule has 0 saturated carbocycles. The predicted octanol–water partition coefficient (Wildman–Crippen LogP) is 6.55. The maximum Gasteiger partial charge on any atom is 0.0981 e. The predicted molar refractivity (Wildman–Crippen MR) is 135 cm³/mol. The molecule has 0 spiro atoms. The van der Waals surface area contributed by atoms with E-state index >= 15 is 0 Å². The average molecular weight is 427 g/mol. The maximum absolute atomic E-state index is 4.04. The third-order valence-electron chi connectivity index (χ3n) is 6.23. The van der Waals surface area contributed by atoms with Crippen LogP contribution in [-0.4, -0.2) is 41.4 Å². The minimum Gasteiger partial charge on any atom is -0.372 e. The van der Waals surface area contributed by atoms with Crippen LogP contribution in [0.25, 0.3) is 0 Å². The topological polar surface area (TPSA) is 30.9 Å². The van der Waals surface area contributed by atoms with Gasteiger partial charge in [0, 0.05) is 32.0 Å². The van der Waals surface area contributed by atoms with Crippen molar-refractivity contribution >= 4 is 5.84 Å². The first-order valence-corrected chi connectivity index (χ1v) is 12.7. The second kappa shape index (κ2) is 15.8. The first-order valence-electron chi connectivity index (χ1n) is 12.7. The van der Waals surface area contributed by atoms with Gasteiger partial charge in [-0.25, -0.2) is 0 Å². The molecule has 1 unspecified atom stereocenters. The summed E-state index contributed by atoms with van der Waals surface area (Å²) in [4.78, 5) is 8.97. The molecule has 0 aromatic heterocycles. The zero-order valence-corrected chi connectivity index (χ0v) is 20.4. The number of hydrogen-bond donors (Lipinski definition) is 1. The monoisotopic (exact) mass is 426 g/mol. The minimum atomic E-state index is 0.485. The van der Waals surface area contributed by atoms with E-state index in [4.69, 9.17) is 0 Å². The van der Waals surface area contributed by atoms with Gasteiger partial charge in [0.2, 0.25) is 0 Å². The Kier molecular flexibility index (Phi) is 12.9. The Balaban J connectivity index is 0.000000488. The van der Waals surface area contributed by atoms with Crippen molar-refractivity contribution in [1.29, 1.82) is 0 Å². The summed E-state index contributed by atoms with van der Waals surface area (Å²) < 4.78 is 0. The van der Waals surface area contributed by atoms with E-state index in [2.05, 4.69) is 76.7 Å². The molecule has 1 N–H and O–H groups in total. The van der Waals surface area contributed by atoms with Gasteiger partial charge in [-0.2, -0.15) is 0 Å². The van der Waals surface area contributed by atoms with Crippen LogP contribution < -0.4 is 5.32 Å². The Morgan fingerprint density at radius 3 is 2.03 bits per heavy atom. The van der Waals surface area contributed by atoms with Crippen LogP contribution in [0.15, 0.2) is 47.7 Å². The fourth-order valence-corrected chi connectivity index (χ4v) is 4.15. The van der Waals surface area contributed by atoms with Gasteiger partial charge in [-0.3, -0.25) is 4.99 Å². The van der Waals surface area contributed by atoms with Crippen LogP contribution in [0.2, 0.25) is 0 Å². The van der Waals surface area contributed by atoms with E-state index in [1.165, 1.54) is 76.3 Å². The second-order valence-corrected chi connectivity index (χ2v) is 8.90. The van der Waals surface area contributed by atoms with Crippen LogP contribution in [0, 0.1) is 0 Å². The Morgan fingerprint density at radius 1 is 0.871 bits per heavy atom. The number of hydrogen-bond acceptors (Lipinski definition) is 4. The van der Waals surface area contributed by atoms with Gasteiger partial charge in [0.25, 0.3) is 0 Å². The van der Waals surface area contributed by atoms with Gasteiger partial charge in [0.15, 0.2) is 0 Å². The smallest absolute Gasteiger partial charge is 0.0981 e. The van der Waals surface area contributed by atoms with Crippen LogP contribution in [0.1, 0.15) is 90.5 Å². The van der Waals surface area contributed by atoms with E-state index in [-0.39, 0.29) is 0 Å². The number of nitrogens with zero attached hydrogens (tertiary/aromatic N) is 3. The molecule has 31 heavy (non-hydrogen) atoms. The summed E-state index contributed by atoms with van der Waals surface area (Å²) in [5.41, 5.74) is 1.39. The van der Waals surface area contributed by atoms with E-state index in [1.54, 1.807) is 0 Å². The summed E-state index contributed by atoms with van der Waals surface area (Å²) in [6, 6.07) is 10.8. The van der Waals surface area contributed by atoms with Crippen LogP contribution in [0.5, 0.6) is 0 Å². The molecule has 1 atom stereocenters. The van der Waals surface area contributed by atoms with Crippen molar-refractivity contribution in [2.45, 2.75) is 97.7 Å². The van der Waals surface area contributed by atoms with Gasteiger partial charge >= 0.3 is 0 Å². The molecule has 1 aromatic rings. The first-order chi connectivity index (χ1) is 15.2. The summed E-state index contributed by atoms with van der Waals surface area (Å²) in [6.07, 6.45) is 19.1. The zero-order chi connectivity index (χ0) is 22.2. The number of unbranched alkanes of at least 4 members (excludes halogenated alkanes) is 9. The largest absolute Gasteiger partial charge is 0.372 e. The quantitative estimate of drug-likeness (QED) is 0.363. The number of rotatable bonds is 13. The molecule has 174 valence electrons. The number of aliphatic imine (C=N–C) groups is 1. The highest BCUT2D eigenvalue weighted by molar-refractivity contribution is 5.80. The normalized spacial score (nSPS) is 17.4. The van der Waals surface area contributed by atoms with Crippen LogP contribution in [0.3, 0.4) is 0 Å². The van der Waals surface area contributed by atoms with E-state index in [0.29, 0.717) is 6.17 Å². The first kappa shape index (κ1) is 25.3. The van der Waals surface area contributed by atoms with Gasteiger partial charge in [0.05, 0.1) is 18.5 Å². The molecule has 0 amide bonds. The summed E-state index contributed by atoms with van der Waals surface area (Å²) >= 11 is 0. The fraction of sp³-hybridized carbons (Fsp3) is 0.667. The zero-order valence-electron chi connectivity index (χ0n) is 20.4. The summed E-state index contributed by atoms with van der Waals surface area (Å²) in [5, 5.41) is 3.07. The number of amidine groups is 1. The average Bonchev–Trinajstić information content (AvgIpc) is 3.40. The number of benzene rings is 1. The fourth-order valence-electron chi connectivity index (χ4n) is 4.15. The molecule has 0 aliphatic carbocycles. The van der Waals surface area contributed by atoms with E-state index in [1.807, 2.05) is 6.92 Å². The van der Waals surface area contributed by atoms with Crippen molar-refractivity contribution in [2.75, 3.05) is 19.6 Å². The Hall–Kier alpha value is -1.97. The molecular weight excluding hydrogens is 380 g/mol. The standard InChI is InChI=1S/C23H38N2.C4H8N2/c1-3-4-5-6-7-8-9-10-11-15-18-24-19-20-25(22(24)2)21-23-16-13-12-14-17-23;1-4-5-2-3-6-4/h12-14,16-17,19-20,22H,3-11,15,18,21H2,1-2H3;2-3H2,1H3,(H,5,6). The van der Waals surface area contributed by atoms with Gasteiger partial charge < -0.3 is 15.1 Å². The molecule has 4 nitrogen and oxygen atoms in total. The molecular formula is C27H46N4. The summed E-state index contributed by atoms with van der Waals surface area (Å²) in [6.45, 7) is 10.8. The van der Waals surface area contributed by atoms with Crippen molar-refractivity contribution in [3.63, 3.8) is 0 Å². The SMILES string of the molecule is CC1=NCCN1.CCCCCCCCCCCCN1C=CN(Cc2ccccc2)C1C. The van der Waals surface area contributed by atoms with Crippen molar-refractivity contribution < 1.29 is 0 Å². The number of nitrogens with one attached hydrogen (secondary N) is 1.